The Kier molecular flexibility index (Phi) is 5.36. The van der Waals surface area contributed by atoms with E-state index in [0.717, 1.165) is 12.5 Å². The Morgan fingerprint density at radius 1 is 1.52 bits per heavy atom. The van der Waals surface area contributed by atoms with Crippen LogP contribution in [-0.4, -0.2) is 17.6 Å². The molecule has 0 aromatic carbocycles. The average Bonchev–Trinajstić information content (AvgIpc) is 2.42. The first-order valence-corrected chi connectivity index (χ1v) is 6.64. The molecule has 0 aliphatic rings. The Hall–Kier alpha value is -2.03. The fourth-order valence-corrected chi connectivity index (χ4v) is 2.07. The molecule has 0 aliphatic carbocycles. The van der Waals surface area contributed by atoms with Crippen LogP contribution in [-0.2, 0) is 6.18 Å². The maximum Gasteiger partial charge on any atom is 0.417 e. The third kappa shape index (κ3) is 3.75. The van der Waals surface area contributed by atoms with Crippen molar-refractivity contribution in [1.29, 1.82) is 5.26 Å². The molecule has 0 saturated heterocycles. The third-order valence-corrected chi connectivity index (χ3v) is 3.11. The molecule has 0 saturated carbocycles. The van der Waals surface area contributed by atoms with Gasteiger partial charge in [0.15, 0.2) is 0 Å². The number of hydrogen-bond donors (Lipinski definition) is 0. The van der Waals surface area contributed by atoms with Gasteiger partial charge in [-0.25, -0.2) is 4.98 Å². The second kappa shape index (κ2) is 6.61. The van der Waals surface area contributed by atoms with E-state index < -0.39 is 17.3 Å². The predicted molar refractivity (Wildman–Crippen MR) is 76.0 cm³/mol. The number of rotatable bonds is 5. The van der Waals surface area contributed by atoms with Crippen molar-refractivity contribution in [2.24, 2.45) is 0 Å². The number of aryl methyl sites for hydroxylation is 1. The summed E-state index contributed by atoms with van der Waals surface area (Å²) >= 11 is 0. The van der Waals surface area contributed by atoms with Crippen LogP contribution in [0.1, 0.15) is 37.1 Å². The number of anilines is 1. The molecule has 0 radical (unpaired) electrons. The lowest BCUT2D eigenvalue weighted by Gasteiger charge is -2.29. The Labute approximate surface area is 122 Å². The van der Waals surface area contributed by atoms with Gasteiger partial charge in [0.2, 0.25) is 0 Å². The van der Waals surface area contributed by atoms with Gasteiger partial charge in [0.1, 0.15) is 17.5 Å². The number of hydrogen-bond acceptors (Lipinski definition) is 3. The van der Waals surface area contributed by atoms with Crippen LogP contribution in [0.5, 0.6) is 0 Å². The summed E-state index contributed by atoms with van der Waals surface area (Å²) in [4.78, 5) is 5.84. The molecule has 0 N–H and O–H groups in total. The molecule has 1 heterocycles. The van der Waals surface area contributed by atoms with E-state index in [2.05, 4.69) is 11.6 Å². The number of pyridine rings is 1. The van der Waals surface area contributed by atoms with Crippen molar-refractivity contribution in [1.82, 2.24) is 4.98 Å². The summed E-state index contributed by atoms with van der Waals surface area (Å²) in [5, 5.41) is 9.18. The lowest BCUT2D eigenvalue weighted by Crippen LogP contribution is -2.34. The molecule has 0 fully saturated rings. The molecule has 3 nitrogen and oxygen atoms in total. The number of nitriles is 1. The molecule has 0 aliphatic heterocycles. The smallest absolute Gasteiger partial charge is 0.349 e. The molecule has 0 amide bonds. The van der Waals surface area contributed by atoms with E-state index in [9.17, 15) is 18.4 Å². The lowest BCUT2D eigenvalue weighted by atomic mass is 10.1. The monoisotopic (exact) mass is 297 g/mol. The highest BCUT2D eigenvalue weighted by Gasteiger charge is 2.36. The summed E-state index contributed by atoms with van der Waals surface area (Å²) in [5.74, 6) is 0.0686. The van der Waals surface area contributed by atoms with E-state index in [1.807, 2.05) is 6.92 Å². The summed E-state index contributed by atoms with van der Waals surface area (Å²) in [6.45, 7) is 9.37. The molecular weight excluding hydrogens is 279 g/mol. The number of nitrogens with zero attached hydrogens (tertiary/aromatic N) is 3. The van der Waals surface area contributed by atoms with E-state index in [0.29, 0.717) is 6.54 Å². The van der Waals surface area contributed by atoms with Crippen molar-refractivity contribution in [3.05, 3.63) is 35.5 Å². The normalized spacial score (nSPS) is 12.6. The van der Waals surface area contributed by atoms with Crippen molar-refractivity contribution in [3.63, 3.8) is 0 Å². The van der Waals surface area contributed by atoms with E-state index in [-0.39, 0.29) is 17.6 Å². The van der Waals surface area contributed by atoms with Gasteiger partial charge >= 0.3 is 6.18 Å². The first-order valence-electron chi connectivity index (χ1n) is 6.64. The van der Waals surface area contributed by atoms with Gasteiger partial charge in [0, 0.05) is 18.3 Å². The first kappa shape index (κ1) is 17.0. The minimum atomic E-state index is -4.58. The highest BCUT2D eigenvalue weighted by Crippen LogP contribution is 2.36. The first-order chi connectivity index (χ1) is 9.76. The average molecular weight is 297 g/mol. The zero-order valence-corrected chi connectivity index (χ0v) is 12.3. The fourth-order valence-electron chi connectivity index (χ4n) is 2.07. The highest BCUT2D eigenvalue weighted by molar-refractivity contribution is 5.60. The Morgan fingerprint density at radius 2 is 2.14 bits per heavy atom. The molecule has 6 heteroatoms. The summed E-state index contributed by atoms with van der Waals surface area (Å²) < 4.78 is 39.3. The fraction of sp³-hybridized carbons (Fsp3) is 0.467. The van der Waals surface area contributed by atoms with Crippen LogP contribution in [0.4, 0.5) is 19.0 Å². The van der Waals surface area contributed by atoms with Gasteiger partial charge < -0.3 is 4.90 Å². The molecule has 1 atom stereocenters. The Balaban J connectivity index is 3.57. The minimum absolute atomic E-state index is 0.0686. The summed E-state index contributed by atoms with van der Waals surface area (Å²) in [5.41, 5.74) is -1.14. The molecule has 1 rings (SSSR count). The molecular formula is C15H18F3N3. The molecule has 21 heavy (non-hydrogen) atoms. The molecule has 0 bridgehead atoms. The van der Waals surface area contributed by atoms with Gasteiger partial charge in [0.25, 0.3) is 0 Å². The van der Waals surface area contributed by atoms with Crippen LogP contribution in [0.3, 0.4) is 0 Å². The maximum atomic E-state index is 13.1. The van der Waals surface area contributed by atoms with Crippen LogP contribution in [0, 0.1) is 18.3 Å². The quantitative estimate of drug-likeness (QED) is 0.769. The van der Waals surface area contributed by atoms with Gasteiger partial charge in [0.05, 0.1) is 5.56 Å². The van der Waals surface area contributed by atoms with Crippen LogP contribution in [0.2, 0.25) is 0 Å². The van der Waals surface area contributed by atoms with Gasteiger partial charge in [-0.1, -0.05) is 13.0 Å². The van der Waals surface area contributed by atoms with Gasteiger partial charge in [-0.3, -0.25) is 0 Å². The number of halogens is 3. The minimum Gasteiger partial charge on any atom is -0.349 e. The van der Waals surface area contributed by atoms with Crippen LogP contribution >= 0.6 is 0 Å². The lowest BCUT2D eigenvalue weighted by molar-refractivity contribution is -0.137. The molecule has 1 aromatic rings. The summed E-state index contributed by atoms with van der Waals surface area (Å²) in [6.07, 6.45) is -2.24. The van der Waals surface area contributed by atoms with Crippen molar-refractivity contribution in [2.45, 2.75) is 39.4 Å². The molecule has 0 spiro atoms. The van der Waals surface area contributed by atoms with Crippen LogP contribution < -0.4 is 4.90 Å². The van der Waals surface area contributed by atoms with Crippen molar-refractivity contribution in [3.8, 4) is 6.07 Å². The van der Waals surface area contributed by atoms with E-state index in [4.69, 9.17) is 0 Å². The molecule has 1 aromatic heterocycles. The topological polar surface area (TPSA) is 39.9 Å². The number of aromatic nitrogens is 1. The van der Waals surface area contributed by atoms with Gasteiger partial charge in [-0.05, 0) is 26.3 Å². The summed E-state index contributed by atoms with van der Waals surface area (Å²) in [7, 11) is 0. The molecule has 114 valence electrons. The van der Waals surface area contributed by atoms with E-state index in [1.165, 1.54) is 6.92 Å². The highest BCUT2D eigenvalue weighted by atomic mass is 19.4. The SMILES string of the molecule is C=CC(C)N(CCC)c1nc(C)cc(C(F)(F)F)c1C#N. The van der Waals surface area contributed by atoms with Crippen molar-refractivity contribution < 1.29 is 13.2 Å². The van der Waals surface area contributed by atoms with Crippen LogP contribution in [0.25, 0.3) is 0 Å². The van der Waals surface area contributed by atoms with Crippen LogP contribution in [0.15, 0.2) is 18.7 Å². The maximum absolute atomic E-state index is 13.1. The van der Waals surface area contributed by atoms with Gasteiger partial charge in [-0.15, -0.1) is 6.58 Å². The second-order valence-corrected chi connectivity index (χ2v) is 4.79. The zero-order chi connectivity index (χ0) is 16.2. The largest absolute Gasteiger partial charge is 0.417 e. The third-order valence-electron chi connectivity index (χ3n) is 3.11. The number of alkyl halides is 3. The van der Waals surface area contributed by atoms with Crippen molar-refractivity contribution >= 4 is 5.82 Å². The van der Waals surface area contributed by atoms with Gasteiger partial charge in [-0.2, -0.15) is 18.4 Å². The summed E-state index contributed by atoms with van der Waals surface area (Å²) in [6, 6.07) is 2.35. The second-order valence-electron chi connectivity index (χ2n) is 4.79. The Morgan fingerprint density at radius 3 is 2.57 bits per heavy atom. The van der Waals surface area contributed by atoms with E-state index in [1.54, 1.807) is 24.0 Å². The van der Waals surface area contributed by atoms with E-state index >= 15 is 0 Å². The predicted octanol–water partition coefficient (Wildman–Crippen LogP) is 4.07. The Bertz CT molecular complexity index is 559. The molecule has 1 unspecified atom stereocenters. The standard InChI is InChI=1S/C15H18F3N3/c1-5-7-21(11(4)6-2)14-12(9-19)13(15(16,17)18)8-10(3)20-14/h6,8,11H,2,5,7H2,1,3-4H3. The van der Waals surface area contributed by atoms with Crippen molar-refractivity contribution in [2.75, 3.05) is 11.4 Å². The zero-order valence-electron chi connectivity index (χ0n) is 12.3.